The first-order chi connectivity index (χ1) is 6.34. The van der Waals surface area contributed by atoms with Crippen molar-refractivity contribution in [1.82, 2.24) is 4.90 Å². The third-order valence-corrected chi connectivity index (χ3v) is 3.46. The largest absolute Gasteiger partial charge is 0.299 e. The van der Waals surface area contributed by atoms with Crippen molar-refractivity contribution < 1.29 is 0 Å². The average molecular weight is 195 g/mol. The molecular formula is C11H17NS. The quantitative estimate of drug-likeness (QED) is 0.701. The van der Waals surface area contributed by atoms with E-state index in [2.05, 4.69) is 28.7 Å². The fourth-order valence-electron chi connectivity index (χ4n) is 2.07. The summed E-state index contributed by atoms with van der Waals surface area (Å²) < 4.78 is 0. The fourth-order valence-corrected chi connectivity index (χ4v) is 2.73. The van der Waals surface area contributed by atoms with Crippen LogP contribution in [0.15, 0.2) is 16.8 Å². The van der Waals surface area contributed by atoms with Gasteiger partial charge in [0.1, 0.15) is 0 Å². The van der Waals surface area contributed by atoms with E-state index in [1.54, 1.807) is 11.3 Å². The summed E-state index contributed by atoms with van der Waals surface area (Å²) >= 11 is 1.80. The first-order valence-corrected chi connectivity index (χ1v) is 6.02. The monoisotopic (exact) mass is 195 g/mol. The van der Waals surface area contributed by atoms with E-state index in [1.165, 1.54) is 31.5 Å². The van der Waals surface area contributed by atoms with Gasteiger partial charge in [-0.05, 0) is 47.7 Å². The molecule has 0 aliphatic carbocycles. The summed E-state index contributed by atoms with van der Waals surface area (Å²) in [5.41, 5.74) is 1.49. The third kappa shape index (κ3) is 2.55. The Morgan fingerprint density at radius 3 is 3.23 bits per heavy atom. The van der Waals surface area contributed by atoms with Crippen molar-refractivity contribution >= 4 is 11.3 Å². The van der Waals surface area contributed by atoms with Crippen LogP contribution >= 0.6 is 11.3 Å². The van der Waals surface area contributed by atoms with Crippen LogP contribution in [0.4, 0.5) is 0 Å². The summed E-state index contributed by atoms with van der Waals surface area (Å²) in [4.78, 5) is 2.58. The minimum absolute atomic E-state index is 0.896. The lowest BCUT2D eigenvalue weighted by molar-refractivity contribution is 0.177. The first kappa shape index (κ1) is 9.22. The molecule has 0 N–H and O–H groups in total. The predicted molar refractivity (Wildman–Crippen MR) is 58.0 cm³/mol. The molecule has 0 bridgehead atoms. The Balaban J connectivity index is 1.87. The van der Waals surface area contributed by atoms with Gasteiger partial charge < -0.3 is 0 Å². The smallest absolute Gasteiger partial charge is 0.0242 e. The minimum atomic E-state index is 0.896. The van der Waals surface area contributed by atoms with Gasteiger partial charge in [-0.3, -0.25) is 4.90 Å². The van der Waals surface area contributed by atoms with Crippen LogP contribution in [0.1, 0.15) is 25.3 Å². The van der Waals surface area contributed by atoms with E-state index in [4.69, 9.17) is 0 Å². The maximum atomic E-state index is 2.58. The third-order valence-electron chi connectivity index (χ3n) is 2.73. The van der Waals surface area contributed by atoms with Gasteiger partial charge in [-0.1, -0.05) is 6.92 Å². The molecule has 13 heavy (non-hydrogen) atoms. The Morgan fingerprint density at radius 2 is 2.54 bits per heavy atom. The van der Waals surface area contributed by atoms with Crippen molar-refractivity contribution in [2.75, 3.05) is 13.1 Å². The summed E-state index contributed by atoms with van der Waals surface area (Å²) in [5.74, 6) is 0.896. The summed E-state index contributed by atoms with van der Waals surface area (Å²) in [6, 6.07) is 2.24. The average Bonchev–Trinajstić information content (AvgIpc) is 2.57. The Kier molecular flexibility index (Phi) is 3.01. The van der Waals surface area contributed by atoms with Gasteiger partial charge in [-0.15, -0.1) is 0 Å². The molecule has 0 amide bonds. The van der Waals surface area contributed by atoms with Gasteiger partial charge in [0.25, 0.3) is 0 Å². The van der Waals surface area contributed by atoms with Crippen LogP contribution in [0.25, 0.3) is 0 Å². The molecule has 1 saturated heterocycles. The number of rotatable bonds is 2. The molecule has 1 aromatic heterocycles. The lowest BCUT2D eigenvalue weighted by Crippen LogP contribution is -2.33. The molecule has 72 valence electrons. The maximum absolute atomic E-state index is 2.58. The van der Waals surface area contributed by atoms with Crippen LogP contribution in [0.5, 0.6) is 0 Å². The lowest BCUT2D eigenvalue weighted by atomic mass is 10.00. The summed E-state index contributed by atoms with van der Waals surface area (Å²) in [7, 11) is 0. The molecule has 0 aromatic carbocycles. The van der Waals surface area contributed by atoms with Crippen LogP contribution in [0.3, 0.4) is 0 Å². The van der Waals surface area contributed by atoms with Gasteiger partial charge in [-0.2, -0.15) is 11.3 Å². The van der Waals surface area contributed by atoms with Crippen molar-refractivity contribution in [2.45, 2.75) is 26.3 Å². The zero-order valence-electron chi connectivity index (χ0n) is 8.20. The molecule has 1 nitrogen and oxygen atoms in total. The van der Waals surface area contributed by atoms with Crippen molar-refractivity contribution in [2.24, 2.45) is 5.92 Å². The molecule has 0 radical (unpaired) electrons. The van der Waals surface area contributed by atoms with Crippen LogP contribution in [-0.4, -0.2) is 18.0 Å². The normalized spacial score (nSPS) is 24.8. The molecular weight excluding hydrogens is 178 g/mol. The Hall–Kier alpha value is -0.340. The van der Waals surface area contributed by atoms with E-state index in [9.17, 15) is 0 Å². The number of hydrogen-bond donors (Lipinski definition) is 0. The second-order valence-electron chi connectivity index (χ2n) is 4.11. The van der Waals surface area contributed by atoms with E-state index in [0.29, 0.717) is 0 Å². The Bertz CT molecular complexity index is 243. The molecule has 2 heteroatoms. The highest BCUT2D eigenvalue weighted by Crippen LogP contribution is 2.18. The molecule has 1 aromatic rings. The van der Waals surface area contributed by atoms with E-state index in [-0.39, 0.29) is 0 Å². The molecule has 2 heterocycles. The zero-order chi connectivity index (χ0) is 9.10. The summed E-state index contributed by atoms with van der Waals surface area (Å²) in [6.07, 6.45) is 2.80. The second-order valence-corrected chi connectivity index (χ2v) is 4.89. The van der Waals surface area contributed by atoms with Crippen molar-refractivity contribution in [3.05, 3.63) is 22.4 Å². The fraction of sp³-hybridized carbons (Fsp3) is 0.636. The molecule has 0 saturated carbocycles. The molecule has 1 aliphatic heterocycles. The zero-order valence-corrected chi connectivity index (χ0v) is 9.02. The highest BCUT2D eigenvalue weighted by atomic mass is 32.1. The van der Waals surface area contributed by atoms with Crippen molar-refractivity contribution in [1.29, 1.82) is 0 Å². The van der Waals surface area contributed by atoms with E-state index < -0.39 is 0 Å². The molecule has 1 aliphatic rings. The molecule has 1 fully saturated rings. The lowest BCUT2D eigenvalue weighted by Gasteiger charge is -2.30. The van der Waals surface area contributed by atoms with Gasteiger partial charge in [0.05, 0.1) is 0 Å². The predicted octanol–water partition coefficient (Wildman–Crippen LogP) is 2.98. The summed E-state index contributed by atoms with van der Waals surface area (Å²) in [6.45, 7) is 6.10. The van der Waals surface area contributed by atoms with Crippen molar-refractivity contribution in [3.63, 3.8) is 0 Å². The van der Waals surface area contributed by atoms with Gasteiger partial charge in [0.2, 0.25) is 0 Å². The summed E-state index contributed by atoms with van der Waals surface area (Å²) in [5, 5.41) is 4.43. The van der Waals surface area contributed by atoms with Crippen LogP contribution in [-0.2, 0) is 6.54 Å². The van der Waals surface area contributed by atoms with E-state index >= 15 is 0 Å². The van der Waals surface area contributed by atoms with Crippen LogP contribution in [0, 0.1) is 5.92 Å². The number of nitrogens with zero attached hydrogens (tertiary/aromatic N) is 1. The topological polar surface area (TPSA) is 3.24 Å². The van der Waals surface area contributed by atoms with Crippen LogP contribution in [0.2, 0.25) is 0 Å². The number of hydrogen-bond acceptors (Lipinski definition) is 2. The molecule has 2 rings (SSSR count). The van der Waals surface area contributed by atoms with Gasteiger partial charge in [0, 0.05) is 13.1 Å². The van der Waals surface area contributed by atoms with E-state index in [0.717, 1.165) is 12.5 Å². The first-order valence-electron chi connectivity index (χ1n) is 5.08. The number of likely N-dealkylation sites (tertiary alicyclic amines) is 1. The highest BCUT2D eigenvalue weighted by molar-refractivity contribution is 7.07. The molecule has 0 unspecified atom stereocenters. The number of thiophene rings is 1. The van der Waals surface area contributed by atoms with Gasteiger partial charge in [0.15, 0.2) is 0 Å². The van der Waals surface area contributed by atoms with Crippen molar-refractivity contribution in [3.8, 4) is 0 Å². The van der Waals surface area contributed by atoms with Gasteiger partial charge in [-0.25, -0.2) is 0 Å². The Morgan fingerprint density at radius 1 is 1.62 bits per heavy atom. The maximum Gasteiger partial charge on any atom is 0.0242 e. The van der Waals surface area contributed by atoms with Gasteiger partial charge >= 0.3 is 0 Å². The standard InChI is InChI=1S/C11H17NS/c1-10-3-2-5-12(7-10)8-11-4-6-13-9-11/h4,6,9-10H,2-3,5,7-8H2,1H3/t10-/m1/s1. The Labute approximate surface area is 84.4 Å². The van der Waals surface area contributed by atoms with Crippen LogP contribution < -0.4 is 0 Å². The second kappa shape index (κ2) is 4.25. The molecule has 0 spiro atoms. The number of piperidine rings is 1. The minimum Gasteiger partial charge on any atom is -0.299 e. The van der Waals surface area contributed by atoms with E-state index in [1.807, 2.05) is 0 Å². The molecule has 1 atom stereocenters. The SMILES string of the molecule is C[C@@H]1CCCN(Cc2ccsc2)C1. The highest BCUT2D eigenvalue weighted by Gasteiger charge is 2.15.